The number of sulfonamides is 1. The number of hydrogen-bond acceptors (Lipinski definition) is 5. The van der Waals surface area contributed by atoms with E-state index in [2.05, 4.69) is 15.4 Å². The largest absolute Gasteiger partial charge is 0.385 e. The molecule has 0 aromatic heterocycles. The van der Waals surface area contributed by atoms with Crippen LogP contribution in [0, 0.1) is 0 Å². The number of carbonyl (C=O) groups is 1. The first-order valence-corrected chi connectivity index (χ1v) is 7.70. The summed E-state index contributed by atoms with van der Waals surface area (Å²) in [6, 6.07) is -0.353. The Bertz CT molecular complexity index is 332. The van der Waals surface area contributed by atoms with Gasteiger partial charge in [0.15, 0.2) is 0 Å². The Morgan fingerprint density at radius 1 is 1.28 bits per heavy atom. The Morgan fingerprint density at radius 3 is 2.50 bits per heavy atom. The number of hydrogen-bond donors (Lipinski definition) is 3. The zero-order valence-corrected chi connectivity index (χ0v) is 12.0. The lowest BCUT2D eigenvalue weighted by Gasteiger charge is -2.13. The van der Waals surface area contributed by atoms with Crippen molar-refractivity contribution in [3.63, 3.8) is 0 Å². The van der Waals surface area contributed by atoms with Gasteiger partial charge in [-0.2, -0.15) is 0 Å². The van der Waals surface area contributed by atoms with Gasteiger partial charge in [0.1, 0.15) is 0 Å². The molecule has 0 aliphatic rings. The normalized spacial score (nSPS) is 13.3. The molecule has 0 aromatic rings. The summed E-state index contributed by atoms with van der Waals surface area (Å²) < 4.78 is 28.8. The van der Waals surface area contributed by atoms with Gasteiger partial charge in [-0.3, -0.25) is 4.79 Å². The van der Waals surface area contributed by atoms with Crippen molar-refractivity contribution >= 4 is 15.9 Å². The average Bonchev–Trinajstić information content (AvgIpc) is 2.28. The van der Waals surface area contributed by atoms with Gasteiger partial charge in [0.05, 0.1) is 12.3 Å². The summed E-state index contributed by atoms with van der Waals surface area (Å²) in [5, 5.41) is 5.68. The second-order valence-electron chi connectivity index (χ2n) is 3.98. The Labute approximate surface area is 109 Å². The summed E-state index contributed by atoms with van der Waals surface area (Å²) in [5.41, 5.74) is 0. The van der Waals surface area contributed by atoms with Crippen molar-refractivity contribution in [2.45, 2.75) is 19.4 Å². The highest BCUT2D eigenvalue weighted by Crippen LogP contribution is 1.83. The first-order valence-electron chi connectivity index (χ1n) is 5.81. The third-order valence-corrected chi connectivity index (χ3v) is 2.89. The number of carbonyl (C=O) groups excluding carboxylic acids is 1. The van der Waals surface area contributed by atoms with Crippen molar-refractivity contribution in [1.29, 1.82) is 0 Å². The summed E-state index contributed by atoms with van der Waals surface area (Å²) in [5.74, 6) is -0.106. The highest BCUT2D eigenvalue weighted by atomic mass is 32.2. The van der Waals surface area contributed by atoms with Crippen LogP contribution in [0.15, 0.2) is 0 Å². The molecule has 0 aromatic carbocycles. The molecule has 1 unspecified atom stereocenters. The molecule has 0 saturated carbocycles. The lowest BCUT2D eigenvalue weighted by atomic mass is 10.3. The first-order chi connectivity index (χ1) is 8.37. The van der Waals surface area contributed by atoms with Crippen LogP contribution >= 0.6 is 0 Å². The van der Waals surface area contributed by atoms with Crippen LogP contribution in [-0.2, 0) is 19.6 Å². The van der Waals surface area contributed by atoms with E-state index in [9.17, 15) is 13.2 Å². The Balaban J connectivity index is 3.62. The van der Waals surface area contributed by atoms with E-state index in [1.54, 1.807) is 14.0 Å². The Morgan fingerprint density at radius 2 is 1.94 bits per heavy atom. The molecule has 3 N–H and O–H groups in total. The van der Waals surface area contributed by atoms with E-state index < -0.39 is 10.0 Å². The molecule has 0 radical (unpaired) electrons. The van der Waals surface area contributed by atoms with E-state index in [1.165, 1.54) is 0 Å². The van der Waals surface area contributed by atoms with Gasteiger partial charge < -0.3 is 15.4 Å². The molecule has 108 valence electrons. The Hall–Kier alpha value is -0.700. The first kappa shape index (κ1) is 17.3. The van der Waals surface area contributed by atoms with E-state index in [4.69, 9.17) is 4.74 Å². The predicted molar refractivity (Wildman–Crippen MR) is 69.8 cm³/mol. The third kappa shape index (κ3) is 10.5. The molecule has 0 rings (SSSR count). The molecular weight excluding hydrogens is 258 g/mol. The van der Waals surface area contributed by atoms with E-state index >= 15 is 0 Å². The van der Waals surface area contributed by atoms with E-state index in [-0.39, 0.29) is 18.5 Å². The fourth-order valence-corrected chi connectivity index (χ4v) is 1.67. The van der Waals surface area contributed by atoms with Crippen LogP contribution in [0.5, 0.6) is 0 Å². The standard InChI is InChI=1S/C10H23N3O4S/c1-9(10(14)12-5-4-8-17-2)11-6-7-13-18(3,15)16/h9,11,13H,4-8H2,1-3H3,(H,12,14). The smallest absolute Gasteiger partial charge is 0.236 e. The van der Waals surface area contributed by atoms with Crippen LogP contribution in [0.4, 0.5) is 0 Å². The molecular formula is C10H23N3O4S. The van der Waals surface area contributed by atoms with Gasteiger partial charge in [-0.25, -0.2) is 13.1 Å². The SMILES string of the molecule is COCCCNC(=O)C(C)NCCNS(C)(=O)=O. The lowest BCUT2D eigenvalue weighted by Crippen LogP contribution is -2.45. The fourth-order valence-electron chi connectivity index (χ4n) is 1.20. The van der Waals surface area contributed by atoms with Crippen LogP contribution in [-0.4, -0.2) is 60.0 Å². The highest BCUT2D eigenvalue weighted by Gasteiger charge is 2.10. The molecule has 0 fully saturated rings. The zero-order valence-electron chi connectivity index (χ0n) is 11.2. The second kappa shape index (κ2) is 9.26. The summed E-state index contributed by atoms with van der Waals surface area (Å²) in [4.78, 5) is 11.5. The third-order valence-electron chi connectivity index (χ3n) is 2.16. The average molecular weight is 281 g/mol. The molecule has 0 spiro atoms. The predicted octanol–water partition coefficient (Wildman–Crippen LogP) is -1.33. The van der Waals surface area contributed by atoms with Crippen LogP contribution in [0.3, 0.4) is 0 Å². The second-order valence-corrected chi connectivity index (χ2v) is 5.81. The molecule has 1 atom stereocenters. The molecule has 0 aliphatic carbocycles. The van der Waals surface area contributed by atoms with Crippen molar-refractivity contribution < 1.29 is 17.9 Å². The van der Waals surface area contributed by atoms with Crippen molar-refractivity contribution in [3.05, 3.63) is 0 Å². The number of nitrogens with one attached hydrogen (secondary N) is 3. The van der Waals surface area contributed by atoms with Crippen molar-refractivity contribution in [1.82, 2.24) is 15.4 Å². The van der Waals surface area contributed by atoms with Gasteiger partial charge >= 0.3 is 0 Å². The minimum absolute atomic E-state index is 0.106. The molecule has 7 nitrogen and oxygen atoms in total. The summed E-state index contributed by atoms with van der Waals surface area (Å²) in [7, 11) is -1.56. The van der Waals surface area contributed by atoms with Crippen LogP contribution in [0.2, 0.25) is 0 Å². The maximum Gasteiger partial charge on any atom is 0.236 e. The van der Waals surface area contributed by atoms with Gasteiger partial charge in [0, 0.05) is 33.4 Å². The summed E-state index contributed by atoms with van der Waals surface area (Å²) >= 11 is 0. The fraction of sp³-hybridized carbons (Fsp3) is 0.900. The maximum absolute atomic E-state index is 11.5. The van der Waals surface area contributed by atoms with Crippen molar-refractivity contribution in [3.8, 4) is 0 Å². The van der Waals surface area contributed by atoms with Gasteiger partial charge in [-0.15, -0.1) is 0 Å². The van der Waals surface area contributed by atoms with E-state index in [0.717, 1.165) is 12.7 Å². The monoisotopic (exact) mass is 281 g/mol. The highest BCUT2D eigenvalue weighted by molar-refractivity contribution is 7.88. The molecule has 0 bridgehead atoms. The minimum Gasteiger partial charge on any atom is -0.385 e. The lowest BCUT2D eigenvalue weighted by molar-refractivity contribution is -0.122. The minimum atomic E-state index is -3.17. The summed E-state index contributed by atoms with van der Waals surface area (Å²) in [6.07, 6.45) is 1.86. The Kier molecular flexibility index (Phi) is 8.90. The number of rotatable bonds is 10. The molecule has 0 saturated heterocycles. The van der Waals surface area contributed by atoms with E-state index in [0.29, 0.717) is 19.7 Å². The molecule has 0 heterocycles. The van der Waals surface area contributed by atoms with Gasteiger partial charge in [-0.05, 0) is 13.3 Å². The van der Waals surface area contributed by atoms with Crippen LogP contribution in [0.1, 0.15) is 13.3 Å². The van der Waals surface area contributed by atoms with Crippen LogP contribution < -0.4 is 15.4 Å². The van der Waals surface area contributed by atoms with Crippen LogP contribution in [0.25, 0.3) is 0 Å². The molecule has 1 amide bonds. The zero-order chi connectivity index (χ0) is 14.0. The number of ether oxygens (including phenoxy) is 1. The quantitative estimate of drug-likeness (QED) is 0.431. The van der Waals surface area contributed by atoms with Crippen molar-refractivity contribution in [2.75, 3.05) is 39.6 Å². The maximum atomic E-state index is 11.5. The van der Waals surface area contributed by atoms with E-state index in [1.807, 2.05) is 0 Å². The molecule has 18 heavy (non-hydrogen) atoms. The van der Waals surface area contributed by atoms with Gasteiger partial charge in [0.2, 0.25) is 15.9 Å². The molecule has 8 heteroatoms. The topological polar surface area (TPSA) is 96.5 Å². The van der Waals surface area contributed by atoms with Gasteiger partial charge in [-0.1, -0.05) is 0 Å². The van der Waals surface area contributed by atoms with Crippen molar-refractivity contribution in [2.24, 2.45) is 0 Å². The van der Waals surface area contributed by atoms with Gasteiger partial charge in [0.25, 0.3) is 0 Å². The number of methoxy groups -OCH3 is 1. The number of amides is 1. The summed E-state index contributed by atoms with van der Waals surface area (Å²) in [6.45, 7) is 3.58. The molecule has 0 aliphatic heterocycles.